The first-order valence-electron chi connectivity index (χ1n) is 8.49. The maximum atomic E-state index is 13.0. The molecule has 1 aromatic heterocycles. The fourth-order valence-corrected chi connectivity index (χ4v) is 3.16. The molecule has 1 atom stereocenters. The van der Waals surface area contributed by atoms with Crippen LogP contribution < -0.4 is 10.1 Å². The van der Waals surface area contributed by atoms with Crippen LogP contribution in [0.15, 0.2) is 54.9 Å². The Morgan fingerprint density at radius 3 is 2.46 bits per heavy atom. The van der Waals surface area contributed by atoms with E-state index in [0.29, 0.717) is 11.3 Å². The summed E-state index contributed by atoms with van der Waals surface area (Å²) in [5, 5.41) is 3.12. The van der Waals surface area contributed by atoms with Crippen LogP contribution in [0.4, 0.5) is 0 Å². The molecule has 1 unspecified atom stereocenters. The topological polar surface area (TPSA) is 56.1 Å². The third-order valence-electron chi connectivity index (χ3n) is 4.33. The molecule has 0 aliphatic rings. The molecule has 3 rings (SSSR count). The highest BCUT2D eigenvalue weighted by Gasteiger charge is 2.24. The first kappa shape index (κ1) is 17.7. The maximum Gasteiger partial charge on any atom is 0.252 e. The molecule has 0 bridgehead atoms. The number of benzene rings is 2. The molecule has 3 aromatic rings. The average Bonchev–Trinajstić information content (AvgIpc) is 3.04. The normalized spacial score (nSPS) is 11.8. The number of aryl methyl sites for hydroxylation is 3. The van der Waals surface area contributed by atoms with E-state index >= 15 is 0 Å². The Hall–Kier alpha value is -3.08. The van der Waals surface area contributed by atoms with E-state index < -0.39 is 6.04 Å². The van der Waals surface area contributed by atoms with E-state index in [0.717, 1.165) is 22.5 Å². The number of carbonyl (C=O) groups excluding carboxylic acids is 1. The molecule has 0 aliphatic carbocycles. The summed E-state index contributed by atoms with van der Waals surface area (Å²) in [6, 6.07) is 13.1. The van der Waals surface area contributed by atoms with Crippen LogP contribution in [0.2, 0.25) is 0 Å². The standard InChI is InChI=1S/C21H23N3O2/c1-14-11-15(2)13-16(12-14)21(25)23-19(20-22-9-10-24(20)3)17-7-5-6-8-18(17)26-4/h5-13,19H,1-4H3,(H,23,25). The SMILES string of the molecule is COc1ccccc1C(NC(=O)c1cc(C)cc(C)c1)c1nccn1C. The van der Waals surface area contributed by atoms with Gasteiger partial charge in [0.25, 0.3) is 5.91 Å². The molecular weight excluding hydrogens is 326 g/mol. The van der Waals surface area contributed by atoms with Crippen molar-refractivity contribution in [1.29, 1.82) is 0 Å². The zero-order valence-electron chi connectivity index (χ0n) is 15.5. The van der Waals surface area contributed by atoms with Crippen LogP contribution in [0, 0.1) is 13.8 Å². The zero-order chi connectivity index (χ0) is 18.7. The van der Waals surface area contributed by atoms with E-state index in [2.05, 4.69) is 10.3 Å². The molecule has 134 valence electrons. The van der Waals surface area contributed by atoms with Gasteiger partial charge in [0, 0.05) is 30.6 Å². The third-order valence-corrected chi connectivity index (χ3v) is 4.33. The molecule has 1 amide bonds. The van der Waals surface area contributed by atoms with E-state index in [1.54, 1.807) is 13.3 Å². The van der Waals surface area contributed by atoms with Crippen molar-refractivity contribution in [3.05, 3.63) is 82.9 Å². The lowest BCUT2D eigenvalue weighted by Gasteiger charge is -2.21. The summed E-state index contributed by atoms with van der Waals surface area (Å²) in [4.78, 5) is 17.4. The second-order valence-electron chi connectivity index (χ2n) is 6.42. The number of ether oxygens (including phenoxy) is 1. The summed E-state index contributed by atoms with van der Waals surface area (Å²) in [5.41, 5.74) is 3.61. The number of hydrogen-bond acceptors (Lipinski definition) is 3. The van der Waals surface area contributed by atoms with Crippen LogP contribution in [0.5, 0.6) is 5.75 Å². The Morgan fingerprint density at radius 1 is 1.15 bits per heavy atom. The minimum absolute atomic E-state index is 0.143. The molecule has 0 fully saturated rings. The summed E-state index contributed by atoms with van der Waals surface area (Å²) < 4.78 is 7.40. The van der Waals surface area contributed by atoms with Gasteiger partial charge in [0.15, 0.2) is 0 Å². The van der Waals surface area contributed by atoms with Gasteiger partial charge in [-0.1, -0.05) is 35.4 Å². The number of para-hydroxylation sites is 1. The van der Waals surface area contributed by atoms with E-state index in [1.807, 2.05) is 74.1 Å². The predicted octanol–water partition coefficient (Wildman–Crippen LogP) is 3.56. The highest BCUT2D eigenvalue weighted by Crippen LogP contribution is 2.29. The molecule has 1 N–H and O–H groups in total. The summed E-state index contributed by atoms with van der Waals surface area (Å²) in [6.07, 6.45) is 3.58. The smallest absolute Gasteiger partial charge is 0.252 e. The molecule has 0 saturated carbocycles. The van der Waals surface area contributed by atoms with Gasteiger partial charge in [0.05, 0.1) is 7.11 Å². The molecule has 0 saturated heterocycles. The minimum Gasteiger partial charge on any atom is -0.496 e. The number of imidazole rings is 1. The molecule has 0 radical (unpaired) electrons. The Balaban J connectivity index is 2.02. The van der Waals surface area contributed by atoms with E-state index in [4.69, 9.17) is 4.74 Å². The molecule has 5 heteroatoms. The molecular formula is C21H23N3O2. The lowest BCUT2D eigenvalue weighted by Crippen LogP contribution is -2.31. The second-order valence-corrected chi connectivity index (χ2v) is 6.42. The summed E-state index contributed by atoms with van der Waals surface area (Å²) in [5.74, 6) is 1.31. The Labute approximate surface area is 153 Å². The number of methoxy groups -OCH3 is 1. The van der Waals surface area contributed by atoms with Crippen molar-refractivity contribution in [2.75, 3.05) is 7.11 Å². The highest BCUT2D eigenvalue weighted by molar-refractivity contribution is 5.95. The molecule has 26 heavy (non-hydrogen) atoms. The first-order chi connectivity index (χ1) is 12.5. The van der Waals surface area contributed by atoms with Gasteiger partial charge in [-0.2, -0.15) is 0 Å². The van der Waals surface area contributed by atoms with E-state index in [1.165, 1.54) is 0 Å². The number of carbonyl (C=O) groups is 1. The van der Waals surface area contributed by atoms with Crippen LogP contribution in [-0.2, 0) is 7.05 Å². The monoisotopic (exact) mass is 349 g/mol. The van der Waals surface area contributed by atoms with Crippen LogP contribution in [-0.4, -0.2) is 22.6 Å². The lowest BCUT2D eigenvalue weighted by atomic mass is 10.0. The van der Waals surface area contributed by atoms with Gasteiger partial charge in [-0.05, 0) is 32.0 Å². The quantitative estimate of drug-likeness (QED) is 0.766. The maximum absolute atomic E-state index is 13.0. The fraction of sp³-hybridized carbons (Fsp3) is 0.238. The number of amides is 1. The molecule has 0 spiro atoms. The van der Waals surface area contributed by atoms with Crippen molar-refractivity contribution in [1.82, 2.24) is 14.9 Å². The zero-order valence-corrected chi connectivity index (χ0v) is 15.5. The number of nitrogens with one attached hydrogen (secondary N) is 1. The number of aromatic nitrogens is 2. The van der Waals surface area contributed by atoms with Crippen molar-refractivity contribution >= 4 is 5.91 Å². The molecule has 2 aromatic carbocycles. The van der Waals surface area contributed by atoms with Gasteiger partial charge in [0.2, 0.25) is 0 Å². The van der Waals surface area contributed by atoms with Crippen LogP contribution in [0.25, 0.3) is 0 Å². The molecule has 0 aliphatic heterocycles. The number of nitrogens with zero attached hydrogens (tertiary/aromatic N) is 2. The summed E-state index contributed by atoms with van der Waals surface area (Å²) in [7, 11) is 3.54. The van der Waals surface area contributed by atoms with E-state index in [9.17, 15) is 4.79 Å². The predicted molar refractivity (Wildman–Crippen MR) is 101 cm³/mol. The van der Waals surface area contributed by atoms with Gasteiger partial charge >= 0.3 is 0 Å². The average molecular weight is 349 g/mol. The van der Waals surface area contributed by atoms with Gasteiger partial charge in [-0.15, -0.1) is 0 Å². The van der Waals surface area contributed by atoms with Crippen LogP contribution in [0.3, 0.4) is 0 Å². The van der Waals surface area contributed by atoms with Crippen LogP contribution >= 0.6 is 0 Å². The second kappa shape index (κ2) is 7.44. The molecule has 5 nitrogen and oxygen atoms in total. The number of rotatable bonds is 5. The first-order valence-corrected chi connectivity index (χ1v) is 8.49. The van der Waals surface area contributed by atoms with Crippen molar-refractivity contribution in [2.45, 2.75) is 19.9 Å². The van der Waals surface area contributed by atoms with E-state index in [-0.39, 0.29) is 5.91 Å². The van der Waals surface area contributed by atoms with Crippen molar-refractivity contribution < 1.29 is 9.53 Å². The fourth-order valence-electron chi connectivity index (χ4n) is 3.16. The summed E-state index contributed by atoms with van der Waals surface area (Å²) in [6.45, 7) is 3.97. The van der Waals surface area contributed by atoms with Crippen LogP contribution in [0.1, 0.15) is 38.9 Å². The number of hydrogen-bond donors (Lipinski definition) is 1. The van der Waals surface area contributed by atoms with Crippen molar-refractivity contribution in [2.24, 2.45) is 7.05 Å². The molecule has 1 heterocycles. The van der Waals surface area contributed by atoms with Crippen molar-refractivity contribution in [3.63, 3.8) is 0 Å². The van der Waals surface area contributed by atoms with Gasteiger partial charge in [-0.3, -0.25) is 4.79 Å². The van der Waals surface area contributed by atoms with Gasteiger partial charge in [0.1, 0.15) is 17.6 Å². The van der Waals surface area contributed by atoms with Gasteiger partial charge < -0.3 is 14.6 Å². The van der Waals surface area contributed by atoms with Crippen molar-refractivity contribution in [3.8, 4) is 5.75 Å². The Bertz CT molecular complexity index is 910. The lowest BCUT2D eigenvalue weighted by molar-refractivity contribution is 0.0940. The Morgan fingerprint density at radius 2 is 1.85 bits per heavy atom. The minimum atomic E-state index is -0.417. The summed E-state index contributed by atoms with van der Waals surface area (Å²) >= 11 is 0. The Kier molecular flexibility index (Phi) is 5.07. The van der Waals surface area contributed by atoms with Gasteiger partial charge in [-0.25, -0.2) is 4.98 Å². The highest BCUT2D eigenvalue weighted by atomic mass is 16.5. The largest absolute Gasteiger partial charge is 0.496 e. The third kappa shape index (κ3) is 3.61.